The van der Waals surface area contributed by atoms with E-state index in [4.69, 9.17) is 4.74 Å². The molecule has 2 N–H and O–H groups in total. The van der Waals surface area contributed by atoms with Gasteiger partial charge in [-0.1, -0.05) is 6.07 Å². The monoisotopic (exact) mass is 302 g/mol. The summed E-state index contributed by atoms with van der Waals surface area (Å²) in [5, 5.41) is 10.1. The first-order valence-corrected chi connectivity index (χ1v) is 7.65. The van der Waals surface area contributed by atoms with E-state index in [0.29, 0.717) is 12.3 Å². The Bertz CT molecular complexity index is 541. The number of aliphatic hydroxyl groups is 1. The Balaban J connectivity index is 2.80. The fraction of sp³-hybridized carbons (Fsp3) is 0.538. The zero-order chi connectivity index (χ0) is 15.4. The van der Waals surface area contributed by atoms with Crippen molar-refractivity contribution < 1.29 is 18.3 Å². The highest BCUT2D eigenvalue weighted by Crippen LogP contribution is 2.17. The third-order valence-corrected chi connectivity index (χ3v) is 4.05. The molecular weight excluding hydrogens is 280 g/mol. The summed E-state index contributed by atoms with van der Waals surface area (Å²) in [6.07, 6.45) is 0. The molecule has 0 saturated heterocycles. The van der Waals surface area contributed by atoms with Crippen molar-refractivity contribution in [3.63, 3.8) is 0 Å². The number of nitrogens with one attached hydrogen (secondary N) is 1. The normalized spacial score (nSPS) is 15.1. The molecule has 0 heterocycles. The van der Waals surface area contributed by atoms with E-state index in [1.54, 1.807) is 24.0 Å². The van der Waals surface area contributed by atoms with E-state index in [-0.39, 0.29) is 11.4 Å². The molecule has 114 valence electrons. The van der Waals surface area contributed by atoms with Gasteiger partial charge in [0.15, 0.2) is 0 Å². The Morgan fingerprint density at radius 2 is 2.05 bits per heavy atom. The number of hydrogen-bond acceptors (Lipinski definition) is 5. The summed E-state index contributed by atoms with van der Waals surface area (Å²) in [6.45, 7) is 1.87. The standard InChI is InChI=1S/C13H22N2O4S/c1-13(16,10-15(2)3)9-14-20(17,18)12-7-5-6-11(8-12)19-4/h5-8,14,16H,9-10H2,1-4H3. The van der Waals surface area contributed by atoms with Gasteiger partial charge in [0.1, 0.15) is 5.75 Å². The van der Waals surface area contributed by atoms with Crippen molar-refractivity contribution in [2.24, 2.45) is 0 Å². The number of likely N-dealkylation sites (N-methyl/N-ethyl adjacent to an activating group) is 1. The van der Waals surface area contributed by atoms with Crippen LogP contribution in [0.1, 0.15) is 6.92 Å². The molecule has 0 aromatic heterocycles. The average molecular weight is 302 g/mol. The topological polar surface area (TPSA) is 78.9 Å². The average Bonchev–Trinajstić information content (AvgIpc) is 2.35. The molecule has 0 radical (unpaired) electrons. The molecule has 0 aliphatic rings. The van der Waals surface area contributed by atoms with Crippen molar-refractivity contribution in [1.82, 2.24) is 9.62 Å². The summed E-state index contributed by atoms with van der Waals surface area (Å²) in [5.41, 5.74) is -1.14. The van der Waals surface area contributed by atoms with E-state index >= 15 is 0 Å². The summed E-state index contributed by atoms with van der Waals surface area (Å²) in [4.78, 5) is 1.90. The molecule has 0 fully saturated rings. The minimum Gasteiger partial charge on any atom is -0.497 e. The van der Waals surface area contributed by atoms with Gasteiger partial charge in [-0.2, -0.15) is 0 Å². The molecule has 0 aliphatic heterocycles. The zero-order valence-electron chi connectivity index (χ0n) is 12.3. The minimum absolute atomic E-state index is 0.0648. The summed E-state index contributed by atoms with van der Waals surface area (Å²) in [6, 6.07) is 6.18. The van der Waals surface area contributed by atoms with Crippen molar-refractivity contribution in [3.05, 3.63) is 24.3 Å². The Hall–Kier alpha value is -1.15. The summed E-state index contributed by atoms with van der Waals surface area (Å²) in [5.74, 6) is 0.466. The highest BCUT2D eigenvalue weighted by Gasteiger charge is 2.25. The zero-order valence-corrected chi connectivity index (χ0v) is 13.1. The lowest BCUT2D eigenvalue weighted by molar-refractivity contribution is 0.0386. The number of hydrogen-bond donors (Lipinski definition) is 2. The molecule has 1 aromatic carbocycles. The number of ether oxygens (including phenoxy) is 1. The molecule has 20 heavy (non-hydrogen) atoms. The predicted molar refractivity (Wildman–Crippen MR) is 77.4 cm³/mol. The second-order valence-electron chi connectivity index (χ2n) is 5.24. The van der Waals surface area contributed by atoms with Crippen molar-refractivity contribution >= 4 is 10.0 Å². The molecule has 1 aromatic rings. The summed E-state index contributed by atoms with van der Waals surface area (Å²) in [7, 11) is 1.42. The van der Waals surface area contributed by atoms with Crippen LogP contribution in [0.3, 0.4) is 0 Å². The van der Waals surface area contributed by atoms with Gasteiger partial charge in [-0.05, 0) is 33.2 Å². The van der Waals surface area contributed by atoms with Gasteiger partial charge >= 0.3 is 0 Å². The van der Waals surface area contributed by atoms with Crippen LogP contribution in [0, 0.1) is 0 Å². The quantitative estimate of drug-likeness (QED) is 0.757. The number of methoxy groups -OCH3 is 1. The fourth-order valence-electron chi connectivity index (χ4n) is 1.84. The van der Waals surface area contributed by atoms with Gasteiger partial charge in [0.25, 0.3) is 0 Å². The predicted octanol–water partition coefficient (Wildman–Crippen LogP) is 0.286. The van der Waals surface area contributed by atoms with Crippen molar-refractivity contribution in [1.29, 1.82) is 0 Å². The van der Waals surface area contributed by atoms with Crippen molar-refractivity contribution in [2.45, 2.75) is 17.4 Å². The van der Waals surface area contributed by atoms with Gasteiger partial charge in [0.05, 0.1) is 17.6 Å². The SMILES string of the molecule is COc1cccc(S(=O)(=O)NCC(C)(O)CN(C)C)c1. The van der Waals surface area contributed by atoms with Crippen molar-refractivity contribution in [3.8, 4) is 5.75 Å². The van der Waals surface area contributed by atoms with Crippen LogP contribution in [0.4, 0.5) is 0 Å². The van der Waals surface area contributed by atoms with E-state index in [1.165, 1.54) is 19.2 Å². The van der Waals surface area contributed by atoms with Crippen molar-refractivity contribution in [2.75, 3.05) is 34.3 Å². The Labute approximate surface area is 120 Å². The molecule has 0 saturated carbocycles. The van der Waals surface area contributed by atoms with Crippen LogP contribution in [0.5, 0.6) is 5.75 Å². The van der Waals surface area contributed by atoms with Gasteiger partial charge in [-0.15, -0.1) is 0 Å². The second-order valence-corrected chi connectivity index (χ2v) is 7.01. The lowest BCUT2D eigenvalue weighted by atomic mass is 10.1. The first-order chi connectivity index (χ1) is 9.16. The lowest BCUT2D eigenvalue weighted by Gasteiger charge is -2.27. The van der Waals surface area contributed by atoms with E-state index in [2.05, 4.69) is 4.72 Å². The number of benzene rings is 1. The molecule has 0 amide bonds. The van der Waals surface area contributed by atoms with Gasteiger partial charge in [0.2, 0.25) is 10.0 Å². The maximum atomic E-state index is 12.1. The van der Waals surface area contributed by atoms with Crippen LogP contribution in [-0.2, 0) is 10.0 Å². The molecule has 1 unspecified atom stereocenters. The number of nitrogens with zero attached hydrogens (tertiary/aromatic N) is 1. The second kappa shape index (κ2) is 6.53. The van der Waals surface area contributed by atoms with Gasteiger partial charge < -0.3 is 14.7 Å². The number of rotatable bonds is 7. The largest absolute Gasteiger partial charge is 0.497 e. The number of sulfonamides is 1. The van der Waals surface area contributed by atoms with E-state index in [0.717, 1.165) is 0 Å². The van der Waals surface area contributed by atoms with E-state index < -0.39 is 15.6 Å². The lowest BCUT2D eigenvalue weighted by Crippen LogP contribution is -2.47. The van der Waals surface area contributed by atoms with E-state index in [9.17, 15) is 13.5 Å². The van der Waals surface area contributed by atoms with Crippen LogP contribution >= 0.6 is 0 Å². The summed E-state index contributed by atoms with van der Waals surface area (Å²) >= 11 is 0. The highest BCUT2D eigenvalue weighted by atomic mass is 32.2. The van der Waals surface area contributed by atoms with E-state index in [1.807, 2.05) is 14.1 Å². The third kappa shape index (κ3) is 5.09. The molecule has 0 aliphatic carbocycles. The first-order valence-electron chi connectivity index (χ1n) is 6.17. The molecule has 0 spiro atoms. The smallest absolute Gasteiger partial charge is 0.240 e. The van der Waals surface area contributed by atoms with Gasteiger partial charge in [0, 0.05) is 19.2 Å². The van der Waals surface area contributed by atoms with Crippen LogP contribution in [-0.4, -0.2) is 58.3 Å². The molecule has 6 nitrogen and oxygen atoms in total. The molecule has 7 heteroatoms. The van der Waals surface area contributed by atoms with Crippen LogP contribution in [0.2, 0.25) is 0 Å². The van der Waals surface area contributed by atoms with Crippen LogP contribution < -0.4 is 9.46 Å². The Kier molecular flexibility index (Phi) is 5.52. The molecule has 1 atom stereocenters. The van der Waals surface area contributed by atoms with Gasteiger partial charge in [-0.25, -0.2) is 13.1 Å². The Morgan fingerprint density at radius 1 is 1.40 bits per heavy atom. The Morgan fingerprint density at radius 3 is 2.60 bits per heavy atom. The maximum absolute atomic E-state index is 12.1. The van der Waals surface area contributed by atoms with Gasteiger partial charge in [-0.3, -0.25) is 0 Å². The fourth-order valence-corrected chi connectivity index (χ4v) is 3.04. The molecular formula is C13H22N2O4S. The van der Waals surface area contributed by atoms with Crippen LogP contribution in [0.15, 0.2) is 29.2 Å². The molecule has 1 rings (SSSR count). The third-order valence-electron chi connectivity index (χ3n) is 2.65. The minimum atomic E-state index is -3.67. The highest BCUT2D eigenvalue weighted by molar-refractivity contribution is 7.89. The summed E-state index contributed by atoms with van der Waals surface area (Å²) < 4.78 is 31.7. The molecule has 0 bridgehead atoms. The first kappa shape index (κ1) is 16.9. The van der Waals surface area contributed by atoms with Crippen LogP contribution in [0.25, 0.3) is 0 Å². The maximum Gasteiger partial charge on any atom is 0.240 e.